The van der Waals surface area contributed by atoms with Crippen molar-refractivity contribution in [1.82, 2.24) is 9.55 Å². The van der Waals surface area contributed by atoms with Crippen LogP contribution in [0.2, 0.25) is 0 Å². The second-order valence-electron chi connectivity index (χ2n) is 3.85. The van der Waals surface area contributed by atoms with E-state index in [1.807, 2.05) is 0 Å². The summed E-state index contributed by atoms with van der Waals surface area (Å²) < 4.78 is 2.20. The van der Waals surface area contributed by atoms with E-state index in [9.17, 15) is 0 Å². The molecule has 0 unspecified atom stereocenters. The number of anilines is 1. The molecular formula is C10H17N3. The third kappa shape index (κ3) is 1.43. The van der Waals surface area contributed by atoms with Crippen molar-refractivity contribution in [3.05, 3.63) is 11.4 Å². The van der Waals surface area contributed by atoms with E-state index < -0.39 is 0 Å². The van der Waals surface area contributed by atoms with Crippen molar-refractivity contribution in [3.8, 4) is 0 Å². The first kappa shape index (κ1) is 8.60. The van der Waals surface area contributed by atoms with Gasteiger partial charge in [0, 0.05) is 11.7 Å². The highest BCUT2D eigenvalue weighted by Gasteiger charge is 2.27. The molecule has 0 aromatic carbocycles. The zero-order valence-corrected chi connectivity index (χ0v) is 8.38. The SMILES string of the molecule is CCCc1nc(N)n(C2CC2)c1C. The first-order chi connectivity index (χ1) is 6.24. The number of rotatable bonds is 3. The third-order valence-corrected chi connectivity index (χ3v) is 2.67. The second kappa shape index (κ2) is 3.05. The lowest BCUT2D eigenvalue weighted by atomic mass is 10.2. The summed E-state index contributed by atoms with van der Waals surface area (Å²) in [7, 11) is 0. The van der Waals surface area contributed by atoms with Gasteiger partial charge in [0.05, 0.1) is 5.69 Å². The van der Waals surface area contributed by atoms with Crippen LogP contribution in [0.1, 0.15) is 43.6 Å². The molecule has 0 bridgehead atoms. The molecule has 0 atom stereocenters. The maximum absolute atomic E-state index is 5.87. The molecule has 1 saturated carbocycles. The predicted molar refractivity (Wildman–Crippen MR) is 53.6 cm³/mol. The van der Waals surface area contributed by atoms with Gasteiger partial charge in [0.2, 0.25) is 5.95 Å². The van der Waals surface area contributed by atoms with Crippen LogP contribution in [0.25, 0.3) is 0 Å². The fourth-order valence-corrected chi connectivity index (χ4v) is 1.85. The standard InChI is InChI=1S/C10H17N3/c1-3-4-9-7(2)13(8-5-6-8)10(11)12-9/h8H,3-6H2,1-2H3,(H2,11,12). The molecule has 72 valence electrons. The molecule has 2 N–H and O–H groups in total. The molecule has 0 aliphatic heterocycles. The molecule has 3 heteroatoms. The Morgan fingerprint density at radius 2 is 2.23 bits per heavy atom. The largest absolute Gasteiger partial charge is 0.369 e. The second-order valence-corrected chi connectivity index (χ2v) is 3.85. The fourth-order valence-electron chi connectivity index (χ4n) is 1.85. The molecule has 0 amide bonds. The lowest BCUT2D eigenvalue weighted by molar-refractivity contribution is 0.724. The summed E-state index contributed by atoms with van der Waals surface area (Å²) in [6.45, 7) is 4.30. The molecule has 13 heavy (non-hydrogen) atoms. The van der Waals surface area contributed by atoms with Crippen molar-refractivity contribution in [2.75, 3.05) is 5.73 Å². The fraction of sp³-hybridized carbons (Fsp3) is 0.700. The Bertz CT molecular complexity index is 310. The molecule has 1 aromatic rings. The van der Waals surface area contributed by atoms with Gasteiger partial charge in [-0.25, -0.2) is 4.98 Å². The number of aromatic nitrogens is 2. The Morgan fingerprint density at radius 3 is 2.77 bits per heavy atom. The molecule has 1 fully saturated rings. The summed E-state index contributed by atoms with van der Waals surface area (Å²) in [6, 6.07) is 0.651. The molecule has 1 aliphatic rings. The van der Waals surface area contributed by atoms with Crippen LogP contribution in [-0.2, 0) is 6.42 Å². The summed E-state index contributed by atoms with van der Waals surface area (Å²) in [5, 5.41) is 0. The first-order valence-corrected chi connectivity index (χ1v) is 5.07. The molecule has 1 aliphatic carbocycles. The number of imidazole rings is 1. The zero-order valence-electron chi connectivity index (χ0n) is 8.38. The molecule has 2 rings (SSSR count). The Balaban J connectivity index is 2.32. The number of nitrogens with zero attached hydrogens (tertiary/aromatic N) is 2. The number of nitrogen functional groups attached to an aromatic ring is 1. The van der Waals surface area contributed by atoms with Crippen LogP contribution in [-0.4, -0.2) is 9.55 Å². The van der Waals surface area contributed by atoms with Gasteiger partial charge in [-0.15, -0.1) is 0 Å². The lowest BCUT2D eigenvalue weighted by Gasteiger charge is -2.04. The van der Waals surface area contributed by atoms with Gasteiger partial charge in [0.25, 0.3) is 0 Å². The Labute approximate surface area is 79.0 Å². The average Bonchev–Trinajstić information content (AvgIpc) is 2.84. The highest BCUT2D eigenvalue weighted by Crippen LogP contribution is 2.38. The van der Waals surface area contributed by atoms with Crippen LogP contribution < -0.4 is 5.73 Å². The monoisotopic (exact) mass is 179 g/mol. The van der Waals surface area contributed by atoms with Crippen LogP contribution in [0.15, 0.2) is 0 Å². The van der Waals surface area contributed by atoms with E-state index >= 15 is 0 Å². The van der Waals surface area contributed by atoms with Gasteiger partial charge in [-0.2, -0.15) is 0 Å². The molecule has 3 nitrogen and oxygen atoms in total. The quantitative estimate of drug-likeness (QED) is 0.771. The Morgan fingerprint density at radius 1 is 1.54 bits per heavy atom. The third-order valence-electron chi connectivity index (χ3n) is 2.67. The normalized spacial score (nSPS) is 16.5. The Hall–Kier alpha value is -0.990. The minimum absolute atomic E-state index is 0.651. The molecular weight excluding hydrogens is 162 g/mol. The summed E-state index contributed by atoms with van der Waals surface area (Å²) in [6.07, 6.45) is 4.73. The van der Waals surface area contributed by atoms with Crippen LogP contribution in [0.3, 0.4) is 0 Å². The van der Waals surface area contributed by atoms with Crippen molar-refractivity contribution in [1.29, 1.82) is 0 Å². The maximum atomic E-state index is 5.87. The van der Waals surface area contributed by atoms with Gasteiger partial charge in [-0.05, 0) is 26.2 Å². The van der Waals surface area contributed by atoms with E-state index in [0.29, 0.717) is 12.0 Å². The summed E-state index contributed by atoms with van der Waals surface area (Å²) in [5.41, 5.74) is 8.33. The van der Waals surface area contributed by atoms with Crippen molar-refractivity contribution in [2.45, 2.75) is 45.6 Å². The lowest BCUT2D eigenvalue weighted by Crippen LogP contribution is -2.02. The topological polar surface area (TPSA) is 43.8 Å². The first-order valence-electron chi connectivity index (χ1n) is 5.07. The number of hydrogen-bond donors (Lipinski definition) is 1. The smallest absolute Gasteiger partial charge is 0.200 e. The molecule has 0 saturated heterocycles. The van der Waals surface area contributed by atoms with Crippen LogP contribution in [0.5, 0.6) is 0 Å². The van der Waals surface area contributed by atoms with Crippen molar-refractivity contribution < 1.29 is 0 Å². The van der Waals surface area contributed by atoms with Gasteiger partial charge in [-0.3, -0.25) is 0 Å². The van der Waals surface area contributed by atoms with E-state index in [-0.39, 0.29) is 0 Å². The van der Waals surface area contributed by atoms with Crippen molar-refractivity contribution >= 4 is 5.95 Å². The highest BCUT2D eigenvalue weighted by molar-refractivity contribution is 5.30. The molecule has 0 spiro atoms. The van der Waals surface area contributed by atoms with E-state index in [0.717, 1.165) is 12.8 Å². The van der Waals surface area contributed by atoms with E-state index in [4.69, 9.17) is 5.73 Å². The minimum Gasteiger partial charge on any atom is -0.369 e. The van der Waals surface area contributed by atoms with Crippen LogP contribution in [0.4, 0.5) is 5.95 Å². The van der Waals surface area contributed by atoms with Gasteiger partial charge in [-0.1, -0.05) is 13.3 Å². The van der Waals surface area contributed by atoms with Gasteiger partial charge < -0.3 is 10.3 Å². The number of nitrogens with two attached hydrogens (primary N) is 1. The summed E-state index contributed by atoms with van der Waals surface area (Å²) in [4.78, 5) is 4.40. The minimum atomic E-state index is 0.651. The van der Waals surface area contributed by atoms with Crippen molar-refractivity contribution in [2.24, 2.45) is 0 Å². The molecule has 1 aromatic heterocycles. The highest BCUT2D eigenvalue weighted by atomic mass is 15.2. The van der Waals surface area contributed by atoms with E-state index in [1.54, 1.807) is 0 Å². The summed E-state index contributed by atoms with van der Waals surface area (Å²) in [5.74, 6) is 0.712. The number of aryl methyl sites for hydroxylation is 1. The van der Waals surface area contributed by atoms with E-state index in [2.05, 4.69) is 23.4 Å². The van der Waals surface area contributed by atoms with E-state index in [1.165, 1.54) is 24.2 Å². The van der Waals surface area contributed by atoms with Crippen molar-refractivity contribution in [3.63, 3.8) is 0 Å². The van der Waals surface area contributed by atoms with Crippen LogP contribution >= 0.6 is 0 Å². The van der Waals surface area contributed by atoms with Gasteiger partial charge >= 0.3 is 0 Å². The van der Waals surface area contributed by atoms with Gasteiger partial charge in [0.15, 0.2) is 0 Å². The van der Waals surface area contributed by atoms with Crippen LogP contribution in [0, 0.1) is 6.92 Å². The maximum Gasteiger partial charge on any atom is 0.200 e. The predicted octanol–water partition coefficient (Wildman–Crippen LogP) is 2.06. The Kier molecular flexibility index (Phi) is 2.02. The zero-order chi connectivity index (χ0) is 9.42. The number of hydrogen-bond acceptors (Lipinski definition) is 2. The summed E-state index contributed by atoms with van der Waals surface area (Å²) >= 11 is 0. The van der Waals surface area contributed by atoms with Gasteiger partial charge in [0.1, 0.15) is 0 Å². The molecule has 1 heterocycles. The molecule has 0 radical (unpaired) electrons. The average molecular weight is 179 g/mol.